The number of aliphatic hydroxyl groups excluding tert-OH is 1. The molecule has 1 fully saturated rings. The Morgan fingerprint density at radius 1 is 1.29 bits per heavy atom. The largest absolute Gasteiger partial charge is 0.388 e. The Balaban J connectivity index is 2.18. The fraction of sp³-hybridized carbons (Fsp3) is 0.625. The first-order valence-electron chi connectivity index (χ1n) is 6.92. The van der Waals surface area contributed by atoms with Crippen molar-refractivity contribution in [3.8, 4) is 0 Å². The van der Waals surface area contributed by atoms with Crippen LogP contribution in [0.1, 0.15) is 63.2 Å². The van der Waals surface area contributed by atoms with Gasteiger partial charge in [0.2, 0.25) is 0 Å². The van der Waals surface area contributed by atoms with E-state index in [-0.39, 0.29) is 11.5 Å². The predicted molar refractivity (Wildman–Crippen MR) is 72.0 cm³/mol. The van der Waals surface area contributed by atoms with E-state index in [0.717, 1.165) is 31.2 Å². The van der Waals surface area contributed by atoms with E-state index in [1.807, 2.05) is 0 Å². The first-order chi connectivity index (χ1) is 8.15. The van der Waals surface area contributed by atoms with Crippen molar-refractivity contribution in [3.05, 3.63) is 35.4 Å². The van der Waals surface area contributed by atoms with Crippen LogP contribution in [0.25, 0.3) is 0 Å². The highest BCUT2D eigenvalue weighted by Gasteiger charge is 2.36. The highest BCUT2D eigenvalue weighted by molar-refractivity contribution is 5.26. The van der Waals surface area contributed by atoms with Crippen LogP contribution in [0.4, 0.5) is 0 Å². The fourth-order valence-electron chi connectivity index (χ4n) is 3.07. The summed E-state index contributed by atoms with van der Waals surface area (Å²) in [6, 6.07) is 8.52. The normalized spacial score (nSPS) is 20.4. The lowest BCUT2D eigenvalue weighted by atomic mass is 9.79. The van der Waals surface area contributed by atoms with Gasteiger partial charge in [0.1, 0.15) is 0 Å². The zero-order valence-corrected chi connectivity index (χ0v) is 11.1. The first-order valence-corrected chi connectivity index (χ1v) is 6.92. The van der Waals surface area contributed by atoms with E-state index >= 15 is 0 Å². The summed E-state index contributed by atoms with van der Waals surface area (Å²) in [6.07, 6.45) is 6.83. The molecule has 0 aliphatic heterocycles. The zero-order chi connectivity index (χ0) is 12.3. The maximum Gasteiger partial charge on any atom is 0.0843 e. The summed E-state index contributed by atoms with van der Waals surface area (Å²) in [5, 5.41) is 10.6. The van der Waals surface area contributed by atoms with Crippen molar-refractivity contribution in [3.63, 3.8) is 0 Å². The fourth-order valence-corrected chi connectivity index (χ4v) is 3.07. The van der Waals surface area contributed by atoms with Crippen molar-refractivity contribution in [2.24, 2.45) is 5.41 Å². The molecular formula is C16H24O. The van der Waals surface area contributed by atoms with Crippen LogP contribution >= 0.6 is 0 Å². The Labute approximate surface area is 105 Å². The highest BCUT2D eigenvalue weighted by atomic mass is 16.3. The maximum atomic E-state index is 10.6. The van der Waals surface area contributed by atoms with Crippen molar-refractivity contribution in [1.82, 2.24) is 0 Å². The van der Waals surface area contributed by atoms with E-state index in [0.29, 0.717) is 0 Å². The van der Waals surface area contributed by atoms with Gasteiger partial charge in [0.05, 0.1) is 6.10 Å². The molecule has 1 aliphatic carbocycles. The molecule has 17 heavy (non-hydrogen) atoms. The molecule has 1 heteroatoms. The van der Waals surface area contributed by atoms with Crippen LogP contribution in [-0.2, 0) is 6.42 Å². The SMILES string of the molecule is CCCc1cccc(C(O)C2(C)CCCC2)c1. The molecule has 94 valence electrons. The molecule has 0 aromatic heterocycles. The average molecular weight is 232 g/mol. The van der Waals surface area contributed by atoms with Crippen molar-refractivity contribution >= 4 is 0 Å². The molecule has 1 aromatic rings. The Bertz CT molecular complexity index is 364. The van der Waals surface area contributed by atoms with Crippen molar-refractivity contribution < 1.29 is 5.11 Å². The Morgan fingerprint density at radius 3 is 2.65 bits per heavy atom. The molecule has 1 saturated carbocycles. The Kier molecular flexibility index (Phi) is 3.88. The summed E-state index contributed by atoms with van der Waals surface area (Å²) < 4.78 is 0. The minimum atomic E-state index is -0.290. The van der Waals surface area contributed by atoms with Crippen LogP contribution in [0.15, 0.2) is 24.3 Å². The molecule has 0 radical (unpaired) electrons. The third kappa shape index (κ3) is 2.71. The summed E-state index contributed by atoms with van der Waals surface area (Å²) >= 11 is 0. The van der Waals surface area contributed by atoms with E-state index in [4.69, 9.17) is 0 Å². The van der Waals surface area contributed by atoms with Crippen LogP contribution in [0.3, 0.4) is 0 Å². The number of aliphatic hydroxyl groups is 1. The average Bonchev–Trinajstić information content (AvgIpc) is 2.77. The van der Waals surface area contributed by atoms with Gasteiger partial charge < -0.3 is 5.11 Å². The molecule has 0 saturated heterocycles. The standard InChI is InChI=1S/C16H24O/c1-3-7-13-8-6-9-14(12-13)15(17)16(2)10-4-5-11-16/h6,8-9,12,15,17H,3-5,7,10-11H2,1-2H3. The van der Waals surface area contributed by atoms with Crippen LogP contribution in [0, 0.1) is 5.41 Å². The van der Waals surface area contributed by atoms with Gasteiger partial charge in [-0.25, -0.2) is 0 Å². The van der Waals surface area contributed by atoms with Gasteiger partial charge in [-0.1, -0.05) is 57.4 Å². The monoisotopic (exact) mass is 232 g/mol. The molecule has 0 bridgehead atoms. The van der Waals surface area contributed by atoms with E-state index in [1.54, 1.807) is 0 Å². The summed E-state index contributed by atoms with van der Waals surface area (Å²) in [5.41, 5.74) is 2.57. The molecule has 0 heterocycles. The first kappa shape index (κ1) is 12.6. The molecule has 1 unspecified atom stereocenters. The number of benzene rings is 1. The second-order valence-electron chi connectivity index (χ2n) is 5.76. The molecule has 1 nitrogen and oxygen atoms in total. The van der Waals surface area contributed by atoms with E-state index < -0.39 is 0 Å². The quantitative estimate of drug-likeness (QED) is 0.822. The van der Waals surface area contributed by atoms with Crippen molar-refractivity contribution in [2.45, 2.75) is 58.5 Å². The molecule has 1 N–H and O–H groups in total. The van der Waals surface area contributed by atoms with Gasteiger partial charge in [0, 0.05) is 0 Å². The number of rotatable bonds is 4. The van der Waals surface area contributed by atoms with Gasteiger partial charge in [-0.05, 0) is 35.8 Å². The molecule has 1 atom stereocenters. The second kappa shape index (κ2) is 5.22. The van der Waals surface area contributed by atoms with Crippen LogP contribution in [0.5, 0.6) is 0 Å². The number of aryl methyl sites for hydroxylation is 1. The topological polar surface area (TPSA) is 20.2 Å². The predicted octanol–water partition coefficient (Wildman–Crippen LogP) is 4.25. The molecule has 1 aromatic carbocycles. The van der Waals surface area contributed by atoms with E-state index in [9.17, 15) is 5.11 Å². The third-order valence-corrected chi connectivity index (χ3v) is 4.21. The molecule has 0 spiro atoms. The minimum Gasteiger partial charge on any atom is -0.388 e. The van der Waals surface area contributed by atoms with Gasteiger partial charge in [0.25, 0.3) is 0 Å². The Morgan fingerprint density at radius 2 is 2.00 bits per heavy atom. The number of hydrogen-bond acceptors (Lipinski definition) is 1. The molecule has 0 amide bonds. The van der Waals surface area contributed by atoms with Crippen LogP contribution < -0.4 is 0 Å². The second-order valence-corrected chi connectivity index (χ2v) is 5.76. The lowest BCUT2D eigenvalue weighted by molar-refractivity contribution is 0.0408. The van der Waals surface area contributed by atoms with E-state index in [2.05, 4.69) is 38.1 Å². The lowest BCUT2D eigenvalue weighted by Crippen LogP contribution is -2.22. The smallest absolute Gasteiger partial charge is 0.0843 e. The summed E-state index contributed by atoms with van der Waals surface area (Å²) in [7, 11) is 0. The summed E-state index contributed by atoms with van der Waals surface area (Å²) in [4.78, 5) is 0. The van der Waals surface area contributed by atoms with E-state index in [1.165, 1.54) is 18.4 Å². The van der Waals surface area contributed by atoms with Gasteiger partial charge in [-0.2, -0.15) is 0 Å². The third-order valence-electron chi connectivity index (χ3n) is 4.21. The summed E-state index contributed by atoms with van der Waals surface area (Å²) in [6.45, 7) is 4.43. The van der Waals surface area contributed by atoms with Crippen LogP contribution in [-0.4, -0.2) is 5.11 Å². The van der Waals surface area contributed by atoms with Crippen LogP contribution in [0.2, 0.25) is 0 Å². The van der Waals surface area contributed by atoms with Gasteiger partial charge in [0.15, 0.2) is 0 Å². The zero-order valence-electron chi connectivity index (χ0n) is 11.1. The minimum absolute atomic E-state index is 0.102. The molecule has 2 rings (SSSR count). The molecule has 1 aliphatic rings. The van der Waals surface area contributed by atoms with Gasteiger partial charge in [-0.3, -0.25) is 0 Å². The number of hydrogen-bond donors (Lipinski definition) is 1. The highest BCUT2D eigenvalue weighted by Crippen LogP contribution is 2.47. The maximum absolute atomic E-state index is 10.6. The Hall–Kier alpha value is -0.820. The van der Waals surface area contributed by atoms with Gasteiger partial charge >= 0.3 is 0 Å². The van der Waals surface area contributed by atoms with Gasteiger partial charge in [-0.15, -0.1) is 0 Å². The lowest BCUT2D eigenvalue weighted by Gasteiger charge is -2.30. The van der Waals surface area contributed by atoms with Crippen molar-refractivity contribution in [1.29, 1.82) is 0 Å². The summed E-state index contributed by atoms with van der Waals surface area (Å²) in [5.74, 6) is 0. The molecular weight excluding hydrogens is 208 g/mol. The van der Waals surface area contributed by atoms with Crippen molar-refractivity contribution in [2.75, 3.05) is 0 Å².